The number of rotatable bonds is 9. The first-order chi connectivity index (χ1) is 23.2. The number of aromatic nitrogens is 3. The number of carbonyl (C=O) groups is 4. The van der Waals surface area contributed by atoms with Gasteiger partial charge in [-0.25, -0.2) is 4.98 Å². The van der Waals surface area contributed by atoms with Crippen molar-refractivity contribution in [2.45, 2.75) is 45.7 Å². The van der Waals surface area contributed by atoms with Crippen molar-refractivity contribution in [1.82, 2.24) is 30.3 Å². The number of piperidine rings is 1. The van der Waals surface area contributed by atoms with Crippen molar-refractivity contribution < 1.29 is 19.2 Å². The van der Waals surface area contributed by atoms with E-state index in [0.717, 1.165) is 27.8 Å². The Kier molecular flexibility index (Phi) is 9.62. The maximum Gasteiger partial charge on any atom is 0.271 e. The van der Waals surface area contributed by atoms with Crippen molar-refractivity contribution >= 4 is 35.1 Å². The summed E-state index contributed by atoms with van der Waals surface area (Å²) in [5.74, 6) is -0.228. The van der Waals surface area contributed by atoms with Gasteiger partial charge >= 0.3 is 0 Å². The van der Waals surface area contributed by atoms with E-state index in [-0.39, 0.29) is 43.1 Å². The van der Waals surface area contributed by atoms with Crippen molar-refractivity contribution in [3.63, 3.8) is 0 Å². The summed E-state index contributed by atoms with van der Waals surface area (Å²) in [6, 6.07) is 18.9. The van der Waals surface area contributed by atoms with E-state index in [9.17, 15) is 19.2 Å². The fraction of sp³-hybridized carbons (Fsp3) is 0.333. The second-order valence-electron chi connectivity index (χ2n) is 12.7. The van der Waals surface area contributed by atoms with Gasteiger partial charge in [-0.3, -0.25) is 24.3 Å². The van der Waals surface area contributed by atoms with Gasteiger partial charge in [0.2, 0.25) is 17.7 Å². The predicted molar refractivity (Wildman–Crippen MR) is 181 cm³/mol. The van der Waals surface area contributed by atoms with Gasteiger partial charge in [0.25, 0.3) is 5.91 Å². The zero-order valence-corrected chi connectivity index (χ0v) is 27.2. The van der Waals surface area contributed by atoms with Gasteiger partial charge in [-0.2, -0.15) is 5.10 Å². The van der Waals surface area contributed by atoms with Crippen LogP contribution < -0.4 is 16.0 Å². The SMILES string of the molecule is CNCc1ccccc1CN(CC(=O)Nc1ccc2c(c1)CC(=O)Nc1ncccc1C2)C(=O)C1(C)CCN(C(=O)c2ccn[nH]2)CC1. The molecule has 2 aliphatic rings. The Morgan fingerprint density at radius 1 is 0.938 bits per heavy atom. The molecule has 4 aromatic rings. The zero-order valence-electron chi connectivity index (χ0n) is 27.2. The molecule has 2 aromatic heterocycles. The fourth-order valence-corrected chi connectivity index (χ4v) is 6.49. The van der Waals surface area contributed by atoms with Crippen LogP contribution in [0.1, 0.15) is 58.1 Å². The maximum atomic E-state index is 14.3. The maximum absolute atomic E-state index is 14.3. The third-order valence-electron chi connectivity index (χ3n) is 9.24. The molecular weight excluding hydrogens is 608 g/mol. The summed E-state index contributed by atoms with van der Waals surface area (Å²) in [5.41, 5.74) is 4.92. The second kappa shape index (κ2) is 14.2. The molecule has 4 amide bonds. The lowest BCUT2D eigenvalue weighted by molar-refractivity contribution is -0.146. The molecule has 4 heterocycles. The molecule has 48 heavy (non-hydrogen) atoms. The quantitative estimate of drug-likeness (QED) is 0.217. The Labute approximate surface area is 279 Å². The molecule has 6 rings (SSSR count). The lowest BCUT2D eigenvalue weighted by atomic mass is 9.78. The van der Waals surface area contributed by atoms with E-state index in [1.807, 2.05) is 68.6 Å². The van der Waals surface area contributed by atoms with Crippen molar-refractivity contribution in [3.05, 3.63) is 107 Å². The lowest BCUT2D eigenvalue weighted by Crippen LogP contribution is -2.51. The number of H-pyrrole nitrogens is 1. The van der Waals surface area contributed by atoms with Crippen LogP contribution in [0.3, 0.4) is 0 Å². The molecule has 0 atom stereocenters. The van der Waals surface area contributed by atoms with E-state index < -0.39 is 5.41 Å². The Balaban J connectivity index is 1.19. The predicted octanol–water partition coefficient (Wildman–Crippen LogP) is 3.52. The van der Waals surface area contributed by atoms with Gasteiger partial charge in [-0.15, -0.1) is 0 Å². The smallest absolute Gasteiger partial charge is 0.271 e. The van der Waals surface area contributed by atoms with Crippen LogP contribution in [0.5, 0.6) is 0 Å². The molecule has 1 saturated heterocycles. The molecule has 0 saturated carbocycles. The Morgan fingerprint density at radius 2 is 1.73 bits per heavy atom. The van der Waals surface area contributed by atoms with Gasteiger partial charge in [-0.1, -0.05) is 43.3 Å². The lowest BCUT2D eigenvalue weighted by Gasteiger charge is -2.41. The first-order valence-electron chi connectivity index (χ1n) is 16.2. The van der Waals surface area contributed by atoms with Crippen molar-refractivity contribution in [1.29, 1.82) is 0 Å². The molecule has 248 valence electrons. The summed E-state index contributed by atoms with van der Waals surface area (Å²) in [4.78, 5) is 61.3. The topological polar surface area (TPSA) is 152 Å². The van der Waals surface area contributed by atoms with E-state index in [1.54, 1.807) is 28.3 Å². The van der Waals surface area contributed by atoms with Gasteiger partial charge in [-0.05, 0) is 72.0 Å². The van der Waals surface area contributed by atoms with Gasteiger partial charge in [0, 0.05) is 56.1 Å². The number of hydrogen-bond acceptors (Lipinski definition) is 7. The number of anilines is 2. The van der Waals surface area contributed by atoms with Crippen LogP contribution in [0, 0.1) is 5.41 Å². The van der Waals surface area contributed by atoms with Crippen LogP contribution in [0.2, 0.25) is 0 Å². The molecule has 1 fully saturated rings. The average Bonchev–Trinajstić information content (AvgIpc) is 3.62. The van der Waals surface area contributed by atoms with E-state index in [2.05, 4.69) is 31.1 Å². The van der Waals surface area contributed by atoms with Crippen molar-refractivity contribution in [3.8, 4) is 0 Å². The number of carbonyl (C=O) groups excluding carboxylic acids is 4. The molecule has 0 bridgehead atoms. The minimum Gasteiger partial charge on any atom is -0.337 e. The summed E-state index contributed by atoms with van der Waals surface area (Å²) in [6.07, 6.45) is 4.88. The number of amides is 4. The van der Waals surface area contributed by atoms with Crippen LogP contribution in [0.15, 0.2) is 73.1 Å². The second-order valence-corrected chi connectivity index (χ2v) is 12.7. The summed E-state index contributed by atoms with van der Waals surface area (Å²) < 4.78 is 0. The molecule has 12 heteroatoms. The minimum atomic E-state index is -0.760. The number of nitrogens with one attached hydrogen (secondary N) is 4. The fourth-order valence-electron chi connectivity index (χ4n) is 6.49. The highest BCUT2D eigenvalue weighted by Crippen LogP contribution is 2.34. The minimum absolute atomic E-state index is 0.132. The number of aromatic amines is 1. The molecular formula is C36H40N8O4. The number of pyridine rings is 1. The number of nitrogens with zero attached hydrogens (tertiary/aromatic N) is 4. The third kappa shape index (κ3) is 7.28. The van der Waals surface area contributed by atoms with E-state index in [1.165, 1.54) is 0 Å². The summed E-state index contributed by atoms with van der Waals surface area (Å²) in [6.45, 7) is 3.48. The Morgan fingerprint density at radius 3 is 2.48 bits per heavy atom. The van der Waals surface area contributed by atoms with E-state index in [0.29, 0.717) is 56.1 Å². The number of likely N-dealkylation sites (tertiary alicyclic amines) is 1. The molecule has 0 aliphatic carbocycles. The van der Waals surface area contributed by atoms with Gasteiger partial charge < -0.3 is 25.8 Å². The normalized spacial score (nSPS) is 15.3. The molecule has 0 radical (unpaired) electrons. The molecule has 2 aromatic carbocycles. The highest BCUT2D eigenvalue weighted by Gasteiger charge is 2.41. The summed E-state index contributed by atoms with van der Waals surface area (Å²) >= 11 is 0. The number of fused-ring (bicyclic) bond motifs is 2. The van der Waals surface area contributed by atoms with Gasteiger partial charge in [0.05, 0.1) is 6.42 Å². The van der Waals surface area contributed by atoms with Gasteiger partial charge in [0.1, 0.15) is 18.1 Å². The van der Waals surface area contributed by atoms with Crippen LogP contribution in [-0.2, 0) is 40.3 Å². The Bertz CT molecular complexity index is 1810. The molecule has 0 spiro atoms. The first-order valence-corrected chi connectivity index (χ1v) is 16.2. The van der Waals surface area contributed by atoms with Crippen LogP contribution >= 0.6 is 0 Å². The number of benzene rings is 2. The highest BCUT2D eigenvalue weighted by atomic mass is 16.2. The van der Waals surface area contributed by atoms with Crippen molar-refractivity contribution in [2.24, 2.45) is 5.41 Å². The molecule has 2 aliphatic heterocycles. The third-order valence-corrected chi connectivity index (χ3v) is 9.24. The average molecular weight is 649 g/mol. The van der Waals surface area contributed by atoms with Crippen LogP contribution in [-0.4, -0.2) is 75.3 Å². The van der Waals surface area contributed by atoms with E-state index in [4.69, 9.17) is 0 Å². The number of hydrogen-bond donors (Lipinski definition) is 4. The summed E-state index contributed by atoms with van der Waals surface area (Å²) in [7, 11) is 1.87. The standard InChI is InChI=1S/C36H40N8O4/c1-36(12-16-43(17-13-36)34(47)30-11-15-39-42-30)35(48)44(22-27-7-4-3-6-26(27)21-37-2)23-32(46)40-29-10-9-24-18-25-8-5-14-38-33(25)41-31(45)20-28(24)19-29/h3-11,14-15,19,37H,12-13,16-18,20-23H2,1-2H3,(H,39,42)(H,40,46)(H,38,41,45). The highest BCUT2D eigenvalue weighted by molar-refractivity contribution is 5.97. The molecule has 12 nitrogen and oxygen atoms in total. The monoisotopic (exact) mass is 648 g/mol. The molecule has 0 unspecified atom stereocenters. The van der Waals surface area contributed by atoms with Crippen molar-refractivity contribution in [2.75, 3.05) is 37.3 Å². The molecule has 4 N–H and O–H groups in total. The Hall–Kier alpha value is -5.36. The van der Waals surface area contributed by atoms with E-state index >= 15 is 0 Å². The first kappa shape index (κ1) is 32.6. The zero-order chi connectivity index (χ0) is 33.7. The largest absolute Gasteiger partial charge is 0.337 e. The summed E-state index contributed by atoms with van der Waals surface area (Å²) in [5, 5.41) is 15.6. The van der Waals surface area contributed by atoms with Crippen LogP contribution in [0.4, 0.5) is 11.5 Å². The van der Waals surface area contributed by atoms with Gasteiger partial charge in [0.15, 0.2) is 0 Å². The van der Waals surface area contributed by atoms with Crippen LogP contribution in [0.25, 0.3) is 0 Å².